The molecule has 0 spiro atoms. The highest BCUT2D eigenvalue weighted by Gasteiger charge is 2.49. The fourth-order valence-electron chi connectivity index (χ4n) is 3.38. The van der Waals surface area contributed by atoms with E-state index in [1.807, 2.05) is 0 Å². The van der Waals surface area contributed by atoms with Gasteiger partial charge in [0, 0.05) is 9.76 Å². The van der Waals surface area contributed by atoms with E-state index in [4.69, 9.17) is 0 Å². The van der Waals surface area contributed by atoms with Gasteiger partial charge in [-0.2, -0.15) is 0 Å². The van der Waals surface area contributed by atoms with Crippen molar-refractivity contribution in [2.24, 2.45) is 0 Å². The molecule has 0 nitrogen and oxygen atoms in total. The number of hydrogen-bond acceptors (Lipinski definition) is 0. The fourth-order valence-corrected chi connectivity index (χ4v) is 182. The third-order valence-electron chi connectivity index (χ3n) is 3.11. The molecular formula is C12H36P2Si6. The maximum absolute atomic E-state index is 4.51. The standard InChI is InChI=1S/C12H36P2Si6/c1-17(2,3)13(18(4,5)6)16(15)14(19(7,8)9)20(10,11)12/h1-12H3. The van der Waals surface area contributed by atoms with Crippen molar-refractivity contribution < 1.29 is 0 Å². The van der Waals surface area contributed by atoms with E-state index < -0.39 is 31.0 Å². The zero-order chi connectivity index (χ0) is 16.7. The monoisotopic (exact) mass is 410 g/mol. The summed E-state index contributed by atoms with van der Waals surface area (Å²) in [5.74, 6) is 0. The highest BCUT2D eigenvalue weighted by molar-refractivity contribution is 8.59. The van der Waals surface area contributed by atoms with E-state index in [1.165, 1.54) is 0 Å². The van der Waals surface area contributed by atoms with Crippen LogP contribution in [0.1, 0.15) is 0 Å². The molecule has 0 aliphatic heterocycles. The molecule has 0 N–H and O–H groups in total. The van der Waals surface area contributed by atoms with Gasteiger partial charge < -0.3 is 0 Å². The van der Waals surface area contributed by atoms with E-state index in [0.717, 1.165) is 0 Å². The molecule has 0 unspecified atom stereocenters. The first-order valence-electron chi connectivity index (χ1n) is 7.59. The molecule has 0 rings (SSSR count). The van der Waals surface area contributed by atoms with E-state index in [0.29, 0.717) is 13.1 Å². The van der Waals surface area contributed by atoms with Gasteiger partial charge >= 0.3 is 0 Å². The van der Waals surface area contributed by atoms with E-state index in [-0.39, 0.29) is 7.65 Å². The lowest BCUT2D eigenvalue weighted by molar-refractivity contribution is 1.84. The molecule has 0 fully saturated rings. The van der Waals surface area contributed by atoms with E-state index in [2.05, 4.69) is 88.3 Å². The molecule has 8 heteroatoms. The highest BCUT2D eigenvalue weighted by atomic mass is 32.0. The molecule has 0 aliphatic rings. The van der Waals surface area contributed by atoms with Crippen molar-refractivity contribution in [3.63, 3.8) is 0 Å². The van der Waals surface area contributed by atoms with Crippen molar-refractivity contribution in [2.45, 2.75) is 78.6 Å². The van der Waals surface area contributed by atoms with Crippen LogP contribution in [-0.2, 0) is 0 Å². The van der Waals surface area contributed by atoms with Crippen LogP contribution in [0, 0.1) is 0 Å². The van der Waals surface area contributed by atoms with Gasteiger partial charge in [-0.1, -0.05) is 78.6 Å². The molecule has 118 valence electrons. The van der Waals surface area contributed by atoms with Gasteiger partial charge in [0.05, 0.1) is 38.6 Å². The van der Waals surface area contributed by atoms with Crippen molar-refractivity contribution in [1.29, 1.82) is 0 Å². The largest absolute Gasteiger partial charge is 0.141 e. The molecule has 20 heavy (non-hydrogen) atoms. The quantitative estimate of drug-likeness (QED) is 0.349. The lowest BCUT2D eigenvalue weighted by Gasteiger charge is -2.52. The molecule has 0 heterocycles. The zero-order valence-electron chi connectivity index (χ0n) is 15.9. The van der Waals surface area contributed by atoms with Crippen LogP contribution in [0.15, 0.2) is 0 Å². The van der Waals surface area contributed by atoms with Gasteiger partial charge in [0.1, 0.15) is 0 Å². The SMILES string of the molecule is C[Si](C)(C)P([Si]([Si])P([Si](C)(C)C)[Si](C)(C)C)[Si](C)(C)C. The van der Waals surface area contributed by atoms with Crippen LogP contribution >= 0.6 is 13.1 Å². The van der Waals surface area contributed by atoms with Gasteiger partial charge in [0.15, 0.2) is 0 Å². The fraction of sp³-hybridized carbons (Fsp3) is 1.00. The molecule has 0 saturated heterocycles. The molecule has 0 atom stereocenters. The summed E-state index contributed by atoms with van der Waals surface area (Å²) >= 11 is 0. The van der Waals surface area contributed by atoms with Gasteiger partial charge in [-0.3, -0.25) is 0 Å². The van der Waals surface area contributed by atoms with Crippen molar-refractivity contribution in [1.82, 2.24) is 0 Å². The molecule has 4 radical (unpaired) electrons. The average Bonchev–Trinajstić information content (AvgIpc) is 1.88. The first-order valence-corrected chi connectivity index (χ1v) is 32.3. The molecular weight excluding hydrogens is 375 g/mol. The van der Waals surface area contributed by atoms with E-state index >= 15 is 0 Å². The molecule has 0 aliphatic carbocycles. The first kappa shape index (κ1) is 22.2. The first-order chi connectivity index (χ1) is 8.40. The van der Waals surface area contributed by atoms with Crippen molar-refractivity contribution in [2.75, 3.05) is 0 Å². The molecule has 0 bridgehead atoms. The minimum Gasteiger partial charge on any atom is -0.141 e. The smallest absolute Gasteiger partial charge is 0.0748 e. The van der Waals surface area contributed by atoms with Crippen LogP contribution in [0.2, 0.25) is 78.6 Å². The van der Waals surface area contributed by atoms with Crippen LogP contribution in [0.5, 0.6) is 0 Å². The van der Waals surface area contributed by atoms with E-state index in [9.17, 15) is 0 Å². The zero-order valence-corrected chi connectivity index (χ0v) is 23.7. The minimum atomic E-state index is -1.02. The third kappa shape index (κ3) is 6.34. The van der Waals surface area contributed by atoms with Gasteiger partial charge in [-0.15, -0.1) is 13.1 Å². The lowest BCUT2D eigenvalue weighted by Crippen LogP contribution is -2.46. The Hall–Kier alpha value is 2.16. The second-order valence-electron chi connectivity index (χ2n) is 9.68. The average molecular weight is 411 g/mol. The topological polar surface area (TPSA) is 0 Å². The van der Waals surface area contributed by atoms with Gasteiger partial charge in [-0.25, -0.2) is 0 Å². The van der Waals surface area contributed by atoms with Gasteiger partial charge in [-0.05, 0) is 0 Å². The highest BCUT2D eigenvalue weighted by Crippen LogP contribution is 2.69. The summed E-state index contributed by atoms with van der Waals surface area (Å²) in [5, 5.41) is 0. The molecule has 0 aromatic rings. The Labute approximate surface area is 139 Å². The summed E-state index contributed by atoms with van der Waals surface area (Å²) in [4.78, 5) is 0. The Kier molecular flexibility index (Phi) is 7.71. The predicted molar refractivity (Wildman–Crippen MR) is 119 cm³/mol. The van der Waals surface area contributed by atoms with Crippen molar-refractivity contribution in [3.8, 4) is 0 Å². The Bertz CT molecular complexity index is 261. The van der Waals surface area contributed by atoms with Crippen LogP contribution in [0.4, 0.5) is 0 Å². The Morgan fingerprint density at radius 2 is 0.650 bits per heavy atom. The second-order valence-corrected chi connectivity index (χ2v) is 69.0. The Morgan fingerprint density at radius 3 is 0.750 bits per heavy atom. The maximum Gasteiger partial charge on any atom is 0.0748 e. The number of hydrogen-bond donors (Lipinski definition) is 0. The summed E-state index contributed by atoms with van der Waals surface area (Å²) in [6.45, 7) is 32.5. The van der Waals surface area contributed by atoms with Crippen LogP contribution < -0.4 is 0 Å². The van der Waals surface area contributed by atoms with Crippen LogP contribution in [0.25, 0.3) is 0 Å². The molecule has 0 saturated carbocycles. The Morgan fingerprint density at radius 1 is 0.500 bits per heavy atom. The predicted octanol–water partition coefficient (Wildman–Crippen LogP) is 6.44. The summed E-state index contributed by atoms with van der Waals surface area (Å²) in [6, 6.07) is 0. The molecule has 0 aromatic heterocycles. The summed E-state index contributed by atoms with van der Waals surface area (Å²) in [5.41, 5.74) is 0. The third-order valence-corrected chi connectivity index (χ3v) is 107. The van der Waals surface area contributed by atoms with Crippen LogP contribution in [0.3, 0.4) is 0 Å². The van der Waals surface area contributed by atoms with E-state index in [1.54, 1.807) is 0 Å². The lowest BCUT2D eigenvalue weighted by atomic mass is 11.8. The molecule has 0 amide bonds. The van der Waals surface area contributed by atoms with Gasteiger partial charge in [0.2, 0.25) is 0 Å². The molecule has 0 aromatic carbocycles. The minimum absolute atomic E-state index is 0.314. The van der Waals surface area contributed by atoms with Crippen molar-refractivity contribution in [3.05, 3.63) is 0 Å². The van der Waals surface area contributed by atoms with Crippen LogP contribution in [-0.4, -0.2) is 48.4 Å². The second kappa shape index (κ2) is 6.96. The summed E-state index contributed by atoms with van der Waals surface area (Å²) in [6.07, 6.45) is 0. The Balaban J connectivity index is 5.81. The number of rotatable bonds is 6. The summed E-state index contributed by atoms with van der Waals surface area (Å²) in [7, 11) is 0.113. The van der Waals surface area contributed by atoms with Crippen molar-refractivity contribution >= 4 is 61.5 Å². The maximum atomic E-state index is 4.51. The van der Waals surface area contributed by atoms with Gasteiger partial charge in [0.25, 0.3) is 0 Å². The summed E-state index contributed by atoms with van der Waals surface area (Å²) < 4.78 is 0. The normalized spacial score (nSPS) is 15.6.